The van der Waals surface area contributed by atoms with Crippen LogP contribution in [0.1, 0.15) is 27.2 Å². The van der Waals surface area contributed by atoms with E-state index in [4.69, 9.17) is 4.74 Å². The lowest BCUT2D eigenvalue weighted by atomic mass is 10.2. The fourth-order valence-corrected chi connectivity index (χ4v) is 2.55. The van der Waals surface area contributed by atoms with E-state index in [0.717, 1.165) is 0 Å². The van der Waals surface area contributed by atoms with Gasteiger partial charge >= 0.3 is 6.09 Å². The Labute approximate surface area is 96.7 Å². The van der Waals surface area contributed by atoms with Crippen LogP contribution in [0.15, 0.2) is 0 Å². The molecule has 1 fully saturated rings. The largest absolute Gasteiger partial charge is 0.444 e. The minimum absolute atomic E-state index is 0.244. The van der Waals surface area contributed by atoms with E-state index in [-0.39, 0.29) is 6.54 Å². The van der Waals surface area contributed by atoms with Crippen LogP contribution < -0.4 is 0 Å². The van der Waals surface area contributed by atoms with Gasteiger partial charge in [0.15, 0.2) is 9.84 Å². The molecular weight excluding hydrogens is 230 g/mol. The minimum Gasteiger partial charge on any atom is -0.444 e. The van der Waals surface area contributed by atoms with E-state index in [1.54, 1.807) is 20.8 Å². The SMILES string of the molecule is CC(C)(C)OC(=O)N1CC[C@H](S(C)(=O)=O)C1. The molecule has 1 rings (SSSR count). The number of nitrogens with zero attached hydrogens (tertiary/aromatic N) is 1. The van der Waals surface area contributed by atoms with E-state index in [1.165, 1.54) is 11.2 Å². The molecule has 1 amide bonds. The molecule has 0 unspecified atom stereocenters. The highest BCUT2D eigenvalue weighted by molar-refractivity contribution is 7.91. The Morgan fingerprint density at radius 2 is 1.94 bits per heavy atom. The molecular formula is C10H19NO4S. The first-order chi connectivity index (χ1) is 7.09. The van der Waals surface area contributed by atoms with E-state index in [1.807, 2.05) is 0 Å². The Kier molecular flexibility index (Phi) is 3.52. The van der Waals surface area contributed by atoms with Gasteiger partial charge in [0.1, 0.15) is 5.60 Å². The monoisotopic (exact) mass is 249 g/mol. The summed E-state index contributed by atoms with van der Waals surface area (Å²) in [6.45, 7) is 6.06. The molecule has 16 heavy (non-hydrogen) atoms. The number of carbonyl (C=O) groups excluding carboxylic acids is 1. The second-order valence-corrected chi connectivity index (χ2v) is 7.49. The van der Waals surface area contributed by atoms with Crippen LogP contribution in [0, 0.1) is 0 Å². The molecule has 0 radical (unpaired) electrons. The van der Waals surface area contributed by atoms with Crippen LogP contribution in [0.25, 0.3) is 0 Å². The van der Waals surface area contributed by atoms with Crippen LogP contribution >= 0.6 is 0 Å². The van der Waals surface area contributed by atoms with E-state index in [9.17, 15) is 13.2 Å². The average Bonchev–Trinajstić information content (AvgIpc) is 2.46. The van der Waals surface area contributed by atoms with Crippen molar-refractivity contribution < 1.29 is 17.9 Å². The van der Waals surface area contributed by atoms with Gasteiger partial charge in [0.2, 0.25) is 0 Å². The molecule has 94 valence electrons. The Morgan fingerprint density at radius 1 is 1.38 bits per heavy atom. The Hall–Kier alpha value is -0.780. The molecule has 1 saturated heterocycles. The number of ether oxygens (including phenoxy) is 1. The van der Waals surface area contributed by atoms with Crippen molar-refractivity contribution in [2.75, 3.05) is 19.3 Å². The van der Waals surface area contributed by atoms with Crippen molar-refractivity contribution in [3.05, 3.63) is 0 Å². The van der Waals surface area contributed by atoms with Crippen molar-refractivity contribution in [1.29, 1.82) is 0 Å². The third-order valence-electron chi connectivity index (χ3n) is 2.40. The topological polar surface area (TPSA) is 63.7 Å². The third kappa shape index (κ3) is 3.66. The van der Waals surface area contributed by atoms with Crippen molar-refractivity contribution in [3.63, 3.8) is 0 Å². The maximum Gasteiger partial charge on any atom is 0.410 e. The highest BCUT2D eigenvalue weighted by atomic mass is 32.2. The number of hydrogen-bond acceptors (Lipinski definition) is 4. The summed E-state index contributed by atoms with van der Waals surface area (Å²) in [6, 6.07) is 0. The van der Waals surface area contributed by atoms with Gasteiger partial charge in [0.25, 0.3) is 0 Å². The summed E-state index contributed by atoms with van der Waals surface area (Å²) in [4.78, 5) is 13.1. The molecule has 0 aromatic heterocycles. The van der Waals surface area contributed by atoms with Crippen molar-refractivity contribution >= 4 is 15.9 Å². The number of likely N-dealkylation sites (tertiary alicyclic amines) is 1. The molecule has 1 atom stereocenters. The van der Waals surface area contributed by atoms with E-state index < -0.39 is 26.8 Å². The van der Waals surface area contributed by atoms with Crippen LogP contribution in [-0.4, -0.2) is 49.6 Å². The molecule has 1 heterocycles. The Bertz CT molecular complexity index is 369. The molecule has 0 N–H and O–H groups in total. The summed E-state index contributed by atoms with van der Waals surface area (Å²) in [6.07, 6.45) is 1.27. The molecule has 1 aliphatic rings. The van der Waals surface area contributed by atoms with E-state index in [0.29, 0.717) is 13.0 Å². The van der Waals surface area contributed by atoms with Gasteiger partial charge in [-0.15, -0.1) is 0 Å². The Balaban J connectivity index is 2.57. The predicted octanol–water partition coefficient (Wildman–Crippen LogP) is 1.04. The second-order valence-electron chi connectivity index (χ2n) is 5.17. The van der Waals surface area contributed by atoms with Crippen LogP contribution in [0.4, 0.5) is 4.79 Å². The zero-order valence-corrected chi connectivity index (χ0v) is 11.0. The standard InChI is InChI=1S/C10H19NO4S/c1-10(2,3)15-9(12)11-6-5-8(7-11)16(4,13)14/h8H,5-7H2,1-4H3/t8-/m0/s1. The van der Waals surface area contributed by atoms with Gasteiger partial charge in [-0.05, 0) is 27.2 Å². The lowest BCUT2D eigenvalue weighted by Crippen LogP contribution is -2.36. The minimum atomic E-state index is -3.06. The lowest BCUT2D eigenvalue weighted by Gasteiger charge is -2.24. The second kappa shape index (κ2) is 4.24. The normalized spacial score (nSPS) is 22.2. The van der Waals surface area contributed by atoms with Crippen LogP contribution in [-0.2, 0) is 14.6 Å². The lowest BCUT2D eigenvalue weighted by molar-refractivity contribution is 0.0295. The van der Waals surface area contributed by atoms with Crippen molar-refractivity contribution in [1.82, 2.24) is 4.90 Å². The van der Waals surface area contributed by atoms with Crippen LogP contribution in [0.5, 0.6) is 0 Å². The Morgan fingerprint density at radius 3 is 2.31 bits per heavy atom. The molecule has 0 saturated carbocycles. The zero-order chi connectivity index (χ0) is 12.6. The maximum atomic E-state index is 11.6. The fourth-order valence-electron chi connectivity index (χ4n) is 1.57. The first-order valence-corrected chi connectivity index (χ1v) is 7.22. The van der Waals surface area contributed by atoms with Crippen LogP contribution in [0.3, 0.4) is 0 Å². The first kappa shape index (κ1) is 13.3. The van der Waals surface area contributed by atoms with E-state index >= 15 is 0 Å². The average molecular weight is 249 g/mol. The highest BCUT2D eigenvalue weighted by Crippen LogP contribution is 2.19. The molecule has 0 aromatic rings. The number of hydrogen-bond donors (Lipinski definition) is 0. The predicted molar refractivity (Wildman–Crippen MR) is 61.1 cm³/mol. The van der Waals surface area contributed by atoms with Gasteiger partial charge < -0.3 is 9.64 Å². The van der Waals surface area contributed by atoms with Crippen molar-refractivity contribution in [2.45, 2.75) is 38.0 Å². The maximum absolute atomic E-state index is 11.6. The first-order valence-electron chi connectivity index (χ1n) is 5.26. The van der Waals surface area contributed by atoms with E-state index in [2.05, 4.69) is 0 Å². The number of sulfone groups is 1. The smallest absolute Gasteiger partial charge is 0.410 e. The highest BCUT2D eigenvalue weighted by Gasteiger charge is 2.34. The summed E-state index contributed by atoms with van der Waals surface area (Å²) in [7, 11) is -3.06. The molecule has 0 spiro atoms. The summed E-state index contributed by atoms with van der Waals surface area (Å²) >= 11 is 0. The molecule has 0 aromatic carbocycles. The van der Waals surface area contributed by atoms with Crippen molar-refractivity contribution in [2.24, 2.45) is 0 Å². The molecule has 6 heteroatoms. The fraction of sp³-hybridized carbons (Fsp3) is 0.900. The molecule has 0 aliphatic carbocycles. The third-order valence-corrected chi connectivity index (χ3v) is 4.00. The summed E-state index contributed by atoms with van der Waals surface area (Å²) in [5, 5.41) is -0.444. The van der Waals surface area contributed by atoms with Gasteiger partial charge in [0.05, 0.1) is 5.25 Å². The number of amides is 1. The van der Waals surface area contributed by atoms with Gasteiger partial charge in [-0.1, -0.05) is 0 Å². The number of rotatable bonds is 1. The van der Waals surface area contributed by atoms with Gasteiger partial charge in [-0.25, -0.2) is 13.2 Å². The summed E-state index contributed by atoms with van der Waals surface area (Å²) in [5.41, 5.74) is -0.541. The quantitative estimate of drug-likeness (QED) is 0.696. The van der Waals surface area contributed by atoms with Gasteiger partial charge in [-0.3, -0.25) is 0 Å². The van der Waals surface area contributed by atoms with Crippen LogP contribution in [0.2, 0.25) is 0 Å². The number of carbonyl (C=O) groups is 1. The summed E-state index contributed by atoms with van der Waals surface area (Å²) < 4.78 is 27.8. The summed E-state index contributed by atoms with van der Waals surface area (Å²) in [5.74, 6) is 0. The van der Waals surface area contributed by atoms with Gasteiger partial charge in [0, 0.05) is 19.3 Å². The zero-order valence-electron chi connectivity index (χ0n) is 10.2. The van der Waals surface area contributed by atoms with Gasteiger partial charge in [-0.2, -0.15) is 0 Å². The molecule has 0 bridgehead atoms. The van der Waals surface area contributed by atoms with Crippen molar-refractivity contribution in [3.8, 4) is 0 Å². The molecule has 5 nitrogen and oxygen atoms in total. The molecule has 1 aliphatic heterocycles.